The van der Waals surface area contributed by atoms with E-state index in [0.717, 1.165) is 35.5 Å². The van der Waals surface area contributed by atoms with Gasteiger partial charge in [-0.1, -0.05) is 36.4 Å². The van der Waals surface area contributed by atoms with Crippen LogP contribution in [0.25, 0.3) is 6.08 Å². The Morgan fingerprint density at radius 3 is 2.66 bits per heavy atom. The number of hydrogen-bond donors (Lipinski definition) is 1. The van der Waals surface area contributed by atoms with Gasteiger partial charge in [0.25, 0.3) is 0 Å². The lowest BCUT2D eigenvalue weighted by molar-refractivity contribution is -0.126. The second kappa shape index (κ2) is 8.65. The minimum Gasteiger partial charge on any atom is -0.330 e. The second-order valence-corrected chi connectivity index (χ2v) is 7.02. The van der Waals surface area contributed by atoms with Gasteiger partial charge in [-0.15, -0.1) is 0 Å². The first-order chi connectivity index (χ1) is 14.2. The van der Waals surface area contributed by atoms with Gasteiger partial charge in [0.2, 0.25) is 5.91 Å². The Kier molecular flexibility index (Phi) is 5.61. The quantitative estimate of drug-likeness (QED) is 0.663. The zero-order chi connectivity index (χ0) is 20.1. The van der Waals surface area contributed by atoms with Crippen molar-refractivity contribution in [3.8, 4) is 0 Å². The van der Waals surface area contributed by atoms with E-state index < -0.39 is 0 Å². The summed E-state index contributed by atoms with van der Waals surface area (Å²) >= 11 is 0. The summed E-state index contributed by atoms with van der Waals surface area (Å²) in [6, 6.07) is 13.6. The molecule has 6 nitrogen and oxygen atoms in total. The molecule has 0 saturated carbocycles. The molecule has 6 heteroatoms. The van der Waals surface area contributed by atoms with E-state index in [1.165, 1.54) is 0 Å². The highest BCUT2D eigenvalue weighted by atomic mass is 16.2. The van der Waals surface area contributed by atoms with Crippen LogP contribution in [0.3, 0.4) is 0 Å². The summed E-state index contributed by atoms with van der Waals surface area (Å²) < 4.78 is 0. The molecule has 0 unspecified atom stereocenters. The fourth-order valence-electron chi connectivity index (χ4n) is 3.56. The largest absolute Gasteiger partial charge is 0.330 e. The highest BCUT2D eigenvalue weighted by Crippen LogP contribution is 2.35. The van der Waals surface area contributed by atoms with E-state index in [1.54, 1.807) is 24.7 Å². The number of rotatable bonds is 5. The molecule has 1 aliphatic rings. The Bertz CT molecular complexity index is 1020. The second-order valence-electron chi connectivity index (χ2n) is 7.02. The average molecular weight is 385 g/mol. The Balaban J connectivity index is 1.57. The predicted octanol–water partition coefficient (Wildman–Crippen LogP) is 4.30. The number of aryl methyl sites for hydroxylation is 1. The zero-order valence-corrected chi connectivity index (χ0v) is 16.3. The van der Waals surface area contributed by atoms with Crippen molar-refractivity contribution in [3.63, 3.8) is 0 Å². The minimum absolute atomic E-state index is 0.0121. The molecule has 1 aromatic carbocycles. The highest BCUT2D eigenvalue weighted by molar-refractivity contribution is 5.92. The van der Waals surface area contributed by atoms with E-state index in [-0.39, 0.29) is 11.9 Å². The molecule has 0 bridgehead atoms. The maximum Gasteiger partial charge on any atom is 0.247 e. The first kappa shape index (κ1) is 18.8. The molecule has 1 fully saturated rings. The third-order valence-corrected chi connectivity index (χ3v) is 5.04. The van der Waals surface area contributed by atoms with E-state index in [4.69, 9.17) is 0 Å². The molecule has 1 N–H and O–H groups in total. The number of nitrogens with zero attached hydrogens (tertiary/aromatic N) is 4. The molecule has 4 rings (SSSR count). The summed E-state index contributed by atoms with van der Waals surface area (Å²) in [6.07, 6.45) is 10.4. The molecular weight excluding hydrogens is 362 g/mol. The van der Waals surface area contributed by atoms with Crippen LogP contribution in [-0.2, 0) is 4.79 Å². The minimum atomic E-state index is -0.108. The van der Waals surface area contributed by atoms with E-state index in [0.29, 0.717) is 12.4 Å². The lowest BCUT2D eigenvalue weighted by Crippen LogP contribution is -2.30. The lowest BCUT2D eigenvalue weighted by atomic mass is 10.1. The van der Waals surface area contributed by atoms with Gasteiger partial charge in [0.15, 0.2) is 5.82 Å². The molecule has 0 spiro atoms. The third kappa shape index (κ3) is 4.32. The predicted molar refractivity (Wildman–Crippen MR) is 113 cm³/mol. The fourth-order valence-corrected chi connectivity index (χ4v) is 3.56. The Labute approximate surface area is 170 Å². The summed E-state index contributed by atoms with van der Waals surface area (Å²) in [4.78, 5) is 28.2. The molecular formula is C23H23N5O. The zero-order valence-electron chi connectivity index (χ0n) is 16.3. The maximum atomic E-state index is 12.9. The average Bonchev–Trinajstić information content (AvgIpc) is 3.25. The van der Waals surface area contributed by atoms with Gasteiger partial charge in [-0.3, -0.25) is 9.78 Å². The Hall–Kier alpha value is -3.54. The Morgan fingerprint density at radius 2 is 1.83 bits per heavy atom. The number of hydrogen-bond acceptors (Lipinski definition) is 5. The van der Waals surface area contributed by atoms with Crippen molar-refractivity contribution in [2.75, 3.05) is 11.9 Å². The lowest BCUT2D eigenvalue weighted by Gasteiger charge is -2.24. The highest BCUT2D eigenvalue weighted by Gasteiger charge is 2.32. The number of nitrogens with one attached hydrogen (secondary N) is 1. The summed E-state index contributed by atoms with van der Waals surface area (Å²) in [6.45, 7) is 2.70. The third-order valence-electron chi connectivity index (χ3n) is 5.04. The molecule has 0 radical (unpaired) electrons. The first-order valence-corrected chi connectivity index (χ1v) is 9.75. The van der Waals surface area contributed by atoms with Crippen molar-refractivity contribution < 1.29 is 4.79 Å². The van der Waals surface area contributed by atoms with Crippen LogP contribution >= 0.6 is 0 Å². The molecule has 1 atom stereocenters. The summed E-state index contributed by atoms with van der Waals surface area (Å²) in [5.74, 6) is 1.38. The van der Waals surface area contributed by atoms with Crippen molar-refractivity contribution in [1.82, 2.24) is 19.9 Å². The molecule has 1 saturated heterocycles. The van der Waals surface area contributed by atoms with Crippen molar-refractivity contribution in [2.45, 2.75) is 25.8 Å². The van der Waals surface area contributed by atoms with Crippen molar-refractivity contribution in [1.29, 1.82) is 0 Å². The van der Waals surface area contributed by atoms with Crippen LogP contribution in [0.15, 0.2) is 67.1 Å². The van der Waals surface area contributed by atoms with Crippen LogP contribution in [0.4, 0.5) is 11.6 Å². The molecule has 29 heavy (non-hydrogen) atoms. The number of pyridine rings is 1. The maximum absolute atomic E-state index is 12.9. The normalized spacial score (nSPS) is 16.3. The van der Waals surface area contributed by atoms with Gasteiger partial charge in [-0.05, 0) is 43.0 Å². The number of aromatic nitrogens is 3. The van der Waals surface area contributed by atoms with Gasteiger partial charge >= 0.3 is 0 Å². The van der Waals surface area contributed by atoms with Crippen LogP contribution in [-0.4, -0.2) is 32.3 Å². The van der Waals surface area contributed by atoms with Crippen LogP contribution in [0, 0.1) is 6.92 Å². The van der Waals surface area contributed by atoms with Gasteiger partial charge in [-0.2, -0.15) is 0 Å². The number of carbonyl (C=O) groups is 1. The van der Waals surface area contributed by atoms with Crippen LogP contribution < -0.4 is 5.32 Å². The Morgan fingerprint density at radius 1 is 1.03 bits per heavy atom. The first-order valence-electron chi connectivity index (χ1n) is 9.75. The molecule has 1 amide bonds. The van der Waals surface area contributed by atoms with Crippen molar-refractivity contribution in [2.24, 2.45) is 0 Å². The smallest absolute Gasteiger partial charge is 0.247 e. The summed E-state index contributed by atoms with van der Waals surface area (Å²) in [7, 11) is 0. The SMILES string of the molecule is Cc1cccnc1Nc1nccnc1[C@H]1CCCN1C(=O)/C=C/c1ccccc1. The van der Waals surface area contributed by atoms with E-state index in [1.807, 2.05) is 60.4 Å². The molecule has 0 aliphatic carbocycles. The molecule has 2 aromatic heterocycles. The van der Waals surface area contributed by atoms with Crippen molar-refractivity contribution in [3.05, 3.63) is 84.0 Å². The van der Waals surface area contributed by atoms with E-state index in [2.05, 4.69) is 20.3 Å². The monoisotopic (exact) mass is 385 g/mol. The van der Waals surface area contributed by atoms with Gasteiger partial charge in [0.1, 0.15) is 11.5 Å². The number of amides is 1. The molecule has 1 aliphatic heterocycles. The summed E-state index contributed by atoms with van der Waals surface area (Å²) in [5.41, 5.74) is 2.80. The standard InChI is InChI=1S/C23H23N5O/c1-17-7-5-13-25-22(17)27-23-21(24-14-15-26-23)19-10-6-16-28(19)20(29)12-11-18-8-3-2-4-9-18/h2-5,7-9,11-15,19H,6,10,16H2,1H3,(H,25,26,27)/b12-11+/t19-/m1/s1. The topological polar surface area (TPSA) is 71.0 Å². The number of carbonyl (C=O) groups excluding carboxylic acids is 1. The molecule has 3 aromatic rings. The van der Waals surface area contributed by atoms with Crippen LogP contribution in [0.5, 0.6) is 0 Å². The number of likely N-dealkylation sites (tertiary alicyclic amines) is 1. The van der Waals surface area contributed by atoms with Gasteiger partial charge in [0.05, 0.1) is 6.04 Å². The van der Waals surface area contributed by atoms with Crippen LogP contribution in [0.1, 0.15) is 35.7 Å². The number of anilines is 2. The van der Waals surface area contributed by atoms with Gasteiger partial charge < -0.3 is 10.2 Å². The number of benzene rings is 1. The molecule has 146 valence electrons. The van der Waals surface area contributed by atoms with E-state index >= 15 is 0 Å². The fraction of sp³-hybridized carbons (Fsp3) is 0.217. The van der Waals surface area contributed by atoms with Gasteiger partial charge in [0, 0.05) is 31.2 Å². The summed E-state index contributed by atoms with van der Waals surface area (Å²) in [5, 5.41) is 3.29. The van der Waals surface area contributed by atoms with Crippen molar-refractivity contribution >= 4 is 23.6 Å². The molecule has 3 heterocycles. The van der Waals surface area contributed by atoms with E-state index in [9.17, 15) is 4.79 Å². The van der Waals surface area contributed by atoms with Crippen LogP contribution in [0.2, 0.25) is 0 Å². The van der Waals surface area contributed by atoms with Gasteiger partial charge in [-0.25, -0.2) is 9.97 Å².